The quantitative estimate of drug-likeness (QED) is 0.943. The van der Waals surface area contributed by atoms with Crippen molar-refractivity contribution in [3.63, 3.8) is 0 Å². The third-order valence-electron chi connectivity index (χ3n) is 4.52. The normalized spacial score (nSPS) is 26.8. The van der Waals surface area contributed by atoms with Gasteiger partial charge in [-0.15, -0.1) is 11.3 Å². The molecule has 0 aliphatic carbocycles. The Balaban J connectivity index is 1.43. The van der Waals surface area contributed by atoms with Crippen LogP contribution >= 0.6 is 11.3 Å². The summed E-state index contributed by atoms with van der Waals surface area (Å²) in [4.78, 5) is 8.24. The van der Waals surface area contributed by atoms with Gasteiger partial charge in [0.2, 0.25) is 5.89 Å². The van der Waals surface area contributed by atoms with Crippen molar-refractivity contribution >= 4 is 11.3 Å². The maximum atomic E-state index is 5.60. The van der Waals surface area contributed by atoms with Crippen LogP contribution in [0.2, 0.25) is 0 Å². The lowest BCUT2D eigenvalue weighted by molar-refractivity contribution is 0.266. The standard InChI is InChI=1S/C15H19N3OS/c1-2-13(20-7-1)14-17-12(9-19-14)8-18-6-4-15(11-18)3-5-16-10-15/h1-2,7,9,16H,3-6,8,10-11H2. The second-order valence-corrected chi connectivity index (χ2v) is 6.96. The number of oxazole rings is 1. The van der Waals surface area contributed by atoms with E-state index in [0.29, 0.717) is 5.41 Å². The molecule has 1 unspecified atom stereocenters. The molecule has 2 fully saturated rings. The number of hydrogen-bond acceptors (Lipinski definition) is 5. The molecule has 2 aromatic heterocycles. The maximum absolute atomic E-state index is 5.60. The number of rotatable bonds is 3. The number of hydrogen-bond donors (Lipinski definition) is 1. The van der Waals surface area contributed by atoms with Crippen LogP contribution in [0.5, 0.6) is 0 Å². The van der Waals surface area contributed by atoms with E-state index >= 15 is 0 Å². The second kappa shape index (κ2) is 4.98. The predicted molar refractivity (Wildman–Crippen MR) is 79.6 cm³/mol. The van der Waals surface area contributed by atoms with Gasteiger partial charge in [0.1, 0.15) is 6.26 Å². The number of aromatic nitrogens is 1. The van der Waals surface area contributed by atoms with Gasteiger partial charge in [-0.2, -0.15) is 0 Å². The molecule has 2 aliphatic heterocycles. The number of nitrogens with zero attached hydrogens (tertiary/aromatic N) is 2. The first-order valence-corrected chi connectivity index (χ1v) is 8.12. The van der Waals surface area contributed by atoms with Crippen molar-refractivity contribution in [1.82, 2.24) is 15.2 Å². The SMILES string of the molecule is c1csc(-c2nc(CN3CCC4(CCNC4)C3)co2)c1. The van der Waals surface area contributed by atoms with Gasteiger partial charge in [0, 0.05) is 19.6 Å². The summed E-state index contributed by atoms with van der Waals surface area (Å²) in [6, 6.07) is 4.08. The molecule has 0 bridgehead atoms. The van der Waals surface area contributed by atoms with Crippen molar-refractivity contribution in [2.45, 2.75) is 19.4 Å². The maximum Gasteiger partial charge on any atom is 0.236 e. The zero-order valence-electron chi connectivity index (χ0n) is 11.5. The Hall–Kier alpha value is -1.17. The van der Waals surface area contributed by atoms with Gasteiger partial charge in [0.25, 0.3) is 0 Å². The first-order chi connectivity index (χ1) is 9.83. The van der Waals surface area contributed by atoms with Gasteiger partial charge in [0.05, 0.1) is 10.6 Å². The van der Waals surface area contributed by atoms with Gasteiger partial charge in [-0.25, -0.2) is 4.98 Å². The lowest BCUT2D eigenvalue weighted by Gasteiger charge is -2.22. The molecule has 1 N–H and O–H groups in total. The topological polar surface area (TPSA) is 41.3 Å². The van der Waals surface area contributed by atoms with Crippen LogP contribution in [0.25, 0.3) is 10.8 Å². The minimum absolute atomic E-state index is 0.528. The second-order valence-electron chi connectivity index (χ2n) is 6.01. The summed E-state index contributed by atoms with van der Waals surface area (Å²) >= 11 is 1.67. The van der Waals surface area contributed by atoms with Crippen molar-refractivity contribution in [3.05, 3.63) is 29.5 Å². The molecule has 4 nitrogen and oxygen atoms in total. The van der Waals surface area contributed by atoms with E-state index in [4.69, 9.17) is 4.42 Å². The van der Waals surface area contributed by atoms with Crippen molar-refractivity contribution in [2.24, 2.45) is 5.41 Å². The molecule has 2 aromatic rings. The zero-order valence-corrected chi connectivity index (χ0v) is 12.3. The molecule has 0 aromatic carbocycles. The molecule has 4 heterocycles. The molecular weight excluding hydrogens is 270 g/mol. The molecule has 0 radical (unpaired) electrons. The lowest BCUT2D eigenvalue weighted by atomic mass is 9.87. The molecule has 2 saturated heterocycles. The van der Waals surface area contributed by atoms with E-state index in [-0.39, 0.29) is 0 Å². The van der Waals surface area contributed by atoms with Gasteiger partial charge in [-0.1, -0.05) is 6.07 Å². The minimum atomic E-state index is 0.528. The monoisotopic (exact) mass is 289 g/mol. The number of likely N-dealkylation sites (tertiary alicyclic amines) is 1. The van der Waals surface area contributed by atoms with E-state index in [1.165, 1.54) is 39.0 Å². The largest absolute Gasteiger partial charge is 0.444 e. The predicted octanol–water partition coefficient (Wildman–Crippen LogP) is 2.59. The average molecular weight is 289 g/mol. The highest BCUT2D eigenvalue weighted by Crippen LogP contribution is 2.36. The van der Waals surface area contributed by atoms with Gasteiger partial charge < -0.3 is 9.73 Å². The highest BCUT2D eigenvalue weighted by molar-refractivity contribution is 7.13. The van der Waals surface area contributed by atoms with Crippen molar-refractivity contribution < 1.29 is 4.42 Å². The van der Waals surface area contributed by atoms with Crippen LogP contribution in [0.4, 0.5) is 0 Å². The summed E-state index contributed by atoms with van der Waals surface area (Å²) < 4.78 is 5.60. The highest BCUT2D eigenvalue weighted by atomic mass is 32.1. The van der Waals surface area contributed by atoms with Crippen LogP contribution in [-0.4, -0.2) is 36.1 Å². The summed E-state index contributed by atoms with van der Waals surface area (Å²) in [6.07, 6.45) is 4.45. The fraction of sp³-hybridized carbons (Fsp3) is 0.533. The molecule has 4 rings (SSSR count). The molecule has 5 heteroatoms. The molecular formula is C15H19N3OS. The van der Waals surface area contributed by atoms with Crippen LogP contribution < -0.4 is 5.32 Å². The summed E-state index contributed by atoms with van der Waals surface area (Å²) in [5.74, 6) is 0.756. The molecule has 2 aliphatic rings. The molecule has 0 amide bonds. The molecule has 1 atom stereocenters. The Bertz CT molecular complexity index is 572. The van der Waals surface area contributed by atoms with Crippen LogP contribution in [0.3, 0.4) is 0 Å². The van der Waals surface area contributed by atoms with E-state index in [1.807, 2.05) is 12.3 Å². The summed E-state index contributed by atoms with van der Waals surface area (Å²) in [5, 5.41) is 5.55. The van der Waals surface area contributed by atoms with Crippen LogP contribution in [0.1, 0.15) is 18.5 Å². The van der Waals surface area contributed by atoms with E-state index in [9.17, 15) is 0 Å². The van der Waals surface area contributed by atoms with Gasteiger partial charge in [-0.05, 0) is 42.8 Å². The van der Waals surface area contributed by atoms with Gasteiger partial charge in [0.15, 0.2) is 0 Å². The zero-order chi connectivity index (χ0) is 13.4. The van der Waals surface area contributed by atoms with E-state index in [0.717, 1.165) is 23.0 Å². The Labute approximate surface area is 122 Å². The molecule has 20 heavy (non-hydrogen) atoms. The lowest BCUT2D eigenvalue weighted by Crippen LogP contribution is -2.29. The van der Waals surface area contributed by atoms with E-state index < -0.39 is 0 Å². The molecule has 1 spiro atoms. The van der Waals surface area contributed by atoms with E-state index in [2.05, 4.69) is 26.6 Å². The van der Waals surface area contributed by atoms with E-state index in [1.54, 1.807) is 11.3 Å². The van der Waals surface area contributed by atoms with Crippen LogP contribution in [0.15, 0.2) is 28.2 Å². The summed E-state index contributed by atoms with van der Waals surface area (Å²) in [7, 11) is 0. The van der Waals surface area contributed by atoms with Gasteiger partial charge >= 0.3 is 0 Å². The Morgan fingerprint density at radius 1 is 1.45 bits per heavy atom. The van der Waals surface area contributed by atoms with Crippen molar-refractivity contribution in [3.8, 4) is 10.8 Å². The fourth-order valence-corrected chi connectivity index (χ4v) is 4.08. The molecule has 106 valence electrons. The van der Waals surface area contributed by atoms with Crippen LogP contribution in [0, 0.1) is 5.41 Å². The van der Waals surface area contributed by atoms with Gasteiger partial charge in [-0.3, -0.25) is 4.90 Å². The Morgan fingerprint density at radius 3 is 3.25 bits per heavy atom. The first kappa shape index (κ1) is 12.6. The van der Waals surface area contributed by atoms with Crippen LogP contribution in [-0.2, 0) is 6.54 Å². The number of thiophene rings is 1. The third-order valence-corrected chi connectivity index (χ3v) is 5.38. The summed E-state index contributed by atoms with van der Waals surface area (Å²) in [5.41, 5.74) is 1.58. The van der Waals surface area contributed by atoms with Crippen molar-refractivity contribution in [2.75, 3.05) is 26.2 Å². The average Bonchev–Trinajstić information content (AvgIpc) is 3.21. The fourth-order valence-electron chi connectivity index (χ4n) is 3.43. The Kier molecular flexibility index (Phi) is 3.13. The summed E-state index contributed by atoms with van der Waals surface area (Å²) in [6.45, 7) is 5.66. The Morgan fingerprint density at radius 2 is 2.45 bits per heavy atom. The smallest absolute Gasteiger partial charge is 0.236 e. The number of nitrogens with one attached hydrogen (secondary N) is 1. The molecule has 0 saturated carbocycles. The minimum Gasteiger partial charge on any atom is -0.444 e. The third kappa shape index (κ3) is 2.30. The van der Waals surface area contributed by atoms with Crippen molar-refractivity contribution in [1.29, 1.82) is 0 Å². The highest BCUT2D eigenvalue weighted by Gasteiger charge is 2.40. The first-order valence-electron chi connectivity index (χ1n) is 7.24.